The van der Waals surface area contributed by atoms with Gasteiger partial charge < -0.3 is 5.32 Å². The first-order valence-corrected chi connectivity index (χ1v) is 6.98. The first kappa shape index (κ1) is 14.2. The van der Waals surface area contributed by atoms with Crippen molar-refractivity contribution in [2.75, 3.05) is 5.33 Å². The molecule has 0 aromatic heterocycles. The lowest BCUT2D eigenvalue weighted by Crippen LogP contribution is -2.44. The van der Waals surface area contributed by atoms with E-state index in [1.807, 2.05) is 26.0 Å². The lowest BCUT2D eigenvalue weighted by atomic mass is 10.0. The minimum absolute atomic E-state index is 0.109. The molecule has 1 aromatic carbocycles. The number of hydrogen-bond donors (Lipinski definition) is 1. The van der Waals surface area contributed by atoms with E-state index < -0.39 is 0 Å². The van der Waals surface area contributed by atoms with Crippen LogP contribution in [-0.2, 0) is 11.2 Å². The SMILES string of the molecule is Cc1ccccc1CCC(=O)NC(C)(C)CBr. The summed E-state index contributed by atoms with van der Waals surface area (Å²) < 4.78 is 0. The molecule has 0 spiro atoms. The fourth-order valence-electron chi connectivity index (χ4n) is 1.61. The zero-order chi connectivity index (χ0) is 12.9. The third kappa shape index (κ3) is 4.90. The molecule has 0 atom stereocenters. The van der Waals surface area contributed by atoms with Crippen LogP contribution in [0.1, 0.15) is 31.4 Å². The average molecular weight is 298 g/mol. The van der Waals surface area contributed by atoms with Crippen molar-refractivity contribution in [2.45, 2.75) is 39.2 Å². The summed E-state index contributed by atoms with van der Waals surface area (Å²) in [7, 11) is 0. The van der Waals surface area contributed by atoms with Crippen LogP contribution in [0.2, 0.25) is 0 Å². The molecule has 0 fully saturated rings. The summed E-state index contributed by atoms with van der Waals surface area (Å²) in [6.45, 7) is 6.09. The smallest absolute Gasteiger partial charge is 0.220 e. The third-order valence-corrected chi connectivity index (χ3v) is 4.10. The van der Waals surface area contributed by atoms with Crippen LogP contribution < -0.4 is 5.32 Å². The average Bonchev–Trinajstić information content (AvgIpc) is 2.27. The van der Waals surface area contributed by atoms with Crippen molar-refractivity contribution in [1.29, 1.82) is 0 Å². The Balaban J connectivity index is 2.47. The minimum atomic E-state index is -0.178. The maximum atomic E-state index is 11.8. The largest absolute Gasteiger partial charge is 0.350 e. The zero-order valence-electron chi connectivity index (χ0n) is 10.7. The quantitative estimate of drug-likeness (QED) is 0.831. The van der Waals surface area contributed by atoms with Gasteiger partial charge in [0, 0.05) is 17.3 Å². The normalized spacial score (nSPS) is 11.3. The Labute approximate surface area is 112 Å². The molecule has 3 heteroatoms. The summed E-state index contributed by atoms with van der Waals surface area (Å²) in [5, 5.41) is 3.77. The number of alkyl halides is 1. The second kappa shape index (κ2) is 6.20. The molecule has 17 heavy (non-hydrogen) atoms. The van der Waals surface area contributed by atoms with Crippen LogP contribution in [0.5, 0.6) is 0 Å². The minimum Gasteiger partial charge on any atom is -0.350 e. The highest BCUT2D eigenvalue weighted by atomic mass is 79.9. The maximum absolute atomic E-state index is 11.8. The molecule has 94 valence electrons. The highest BCUT2D eigenvalue weighted by Crippen LogP contribution is 2.11. The van der Waals surface area contributed by atoms with Gasteiger partial charge in [-0.15, -0.1) is 0 Å². The number of nitrogens with one attached hydrogen (secondary N) is 1. The van der Waals surface area contributed by atoms with Gasteiger partial charge in [-0.3, -0.25) is 4.79 Å². The van der Waals surface area contributed by atoms with Crippen LogP contribution >= 0.6 is 15.9 Å². The van der Waals surface area contributed by atoms with E-state index in [9.17, 15) is 4.79 Å². The van der Waals surface area contributed by atoms with E-state index in [1.165, 1.54) is 11.1 Å². The van der Waals surface area contributed by atoms with Crippen LogP contribution in [-0.4, -0.2) is 16.8 Å². The number of rotatable bonds is 5. The van der Waals surface area contributed by atoms with Gasteiger partial charge in [0.05, 0.1) is 0 Å². The molecule has 0 saturated heterocycles. The first-order valence-electron chi connectivity index (χ1n) is 5.86. The number of benzene rings is 1. The molecule has 0 aliphatic carbocycles. The second-order valence-electron chi connectivity index (χ2n) is 4.99. The van der Waals surface area contributed by atoms with Gasteiger partial charge in [-0.05, 0) is 38.3 Å². The Kier molecular flexibility index (Phi) is 5.19. The summed E-state index contributed by atoms with van der Waals surface area (Å²) >= 11 is 3.39. The molecule has 0 aliphatic rings. The Hall–Kier alpha value is -0.830. The molecule has 0 unspecified atom stereocenters. The Bertz CT molecular complexity index is 388. The molecule has 1 aromatic rings. The van der Waals surface area contributed by atoms with Crippen LogP contribution in [0, 0.1) is 6.92 Å². The van der Waals surface area contributed by atoms with Gasteiger partial charge in [0.1, 0.15) is 0 Å². The number of carbonyl (C=O) groups excluding carboxylic acids is 1. The van der Waals surface area contributed by atoms with Crippen molar-refractivity contribution < 1.29 is 4.79 Å². The zero-order valence-corrected chi connectivity index (χ0v) is 12.3. The standard InChI is InChI=1S/C14H20BrNO/c1-11-6-4-5-7-12(11)8-9-13(17)16-14(2,3)10-15/h4-7H,8-10H2,1-3H3,(H,16,17). The van der Waals surface area contributed by atoms with Crippen molar-refractivity contribution in [3.05, 3.63) is 35.4 Å². The van der Waals surface area contributed by atoms with Gasteiger partial charge in [0.25, 0.3) is 0 Å². The van der Waals surface area contributed by atoms with E-state index in [-0.39, 0.29) is 11.4 Å². The topological polar surface area (TPSA) is 29.1 Å². The fraction of sp³-hybridized carbons (Fsp3) is 0.500. The summed E-state index contributed by atoms with van der Waals surface area (Å²) in [6.07, 6.45) is 1.35. The molecular formula is C14H20BrNO. The van der Waals surface area contributed by atoms with E-state index in [0.717, 1.165) is 11.8 Å². The van der Waals surface area contributed by atoms with Crippen molar-refractivity contribution in [1.82, 2.24) is 5.32 Å². The van der Waals surface area contributed by atoms with Gasteiger partial charge >= 0.3 is 0 Å². The van der Waals surface area contributed by atoms with Crippen LogP contribution in [0.25, 0.3) is 0 Å². The summed E-state index contributed by atoms with van der Waals surface area (Å²) in [5.41, 5.74) is 2.32. The van der Waals surface area contributed by atoms with E-state index >= 15 is 0 Å². The van der Waals surface area contributed by atoms with E-state index in [1.54, 1.807) is 0 Å². The molecule has 0 radical (unpaired) electrons. The van der Waals surface area contributed by atoms with Crippen LogP contribution in [0.15, 0.2) is 24.3 Å². The van der Waals surface area contributed by atoms with Gasteiger partial charge in [0.2, 0.25) is 5.91 Å². The molecular weight excluding hydrogens is 278 g/mol. The van der Waals surface area contributed by atoms with E-state index in [2.05, 4.69) is 40.3 Å². The monoisotopic (exact) mass is 297 g/mol. The van der Waals surface area contributed by atoms with Gasteiger partial charge in [0.15, 0.2) is 0 Å². The van der Waals surface area contributed by atoms with Crippen LogP contribution in [0.3, 0.4) is 0 Å². The summed E-state index contributed by atoms with van der Waals surface area (Å²) in [4.78, 5) is 11.8. The third-order valence-electron chi connectivity index (χ3n) is 2.69. The molecule has 0 bridgehead atoms. The van der Waals surface area contributed by atoms with Gasteiger partial charge in [-0.1, -0.05) is 40.2 Å². The van der Waals surface area contributed by atoms with Crippen molar-refractivity contribution in [2.24, 2.45) is 0 Å². The fourth-order valence-corrected chi connectivity index (χ4v) is 1.75. The van der Waals surface area contributed by atoms with Gasteiger partial charge in [-0.25, -0.2) is 0 Å². The lowest BCUT2D eigenvalue weighted by Gasteiger charge is -2.23. The molecule has 1 amide bonds. The van der Waals surface area contributed by atoms with Crippen molar-refractivity contribution in [3.63, 3.8) is 0 Å². The molecule has 0 saturated carbocycles. The molecule has 1 rings (SSSR count). The first-order chi connectivity index (χ1) is 7.94. The van der Waals surface area contributed by atoms with Crippen molar-refractivity contribution >= 4 is 21.8 Å². The highest BCUT2D eigenvalue weighted by Gasteiger charge is 2.18. The highest BCUT2D eigenvalue weighted by molar-refractivity contribution is 9.09. The molecule has 0 heterocycles. The summed E-state index contributed by atoms with van der Waals surface area (Å²) in [5.74, 6) is 0.109. The number of halogens is 1. The van der Waals surface area contributed by atoms with Crippen LogP contribution in [0.4, 0.5) is 0 Å². The second-order valence-corrected chi connectivity index (χ2v) is 5.55. The predicted octanol–water partition coefficient (Wildman–Crippen LogP) is 3.22. The Morgan fingerprint density at radius 2 is 2.00 bits per heavy atom. The number of aryl methyl sites for hydroxylation is 2. The van der Waals surface area contributed by atoms with E-state index in [4.69, 9.17) is 0 Å². The number of carbonyl (C=O) groups is 1. The molecule has 0 aliphatic heterocycles. The maximum Gasteiger partial charge on any atom is 0.220 e. The molecule has 2 nitrogen and oxygen atoms in total. The Morgan fingerprint density at radius 1 is 1.35 bits per heavy atom. The lowest BCUT2D eigenvalue weighted by molar-refractivity contribution is -0.122. The number of hydrogen-bond acceptors (Lipinski definition) is 1. The van der Waals surface area contributed by atoms with Gasteiger partial charge in [-0.2, -0.15) is 0 Å². The molecule has 1 N–H and O–H groups in total. The predicted molar refractivity (Wildman–Crippen MR) is 75.5 cm³/mol. The van der Waals surface area contributed by atoms with E-state index in [0.29, 0.717) is 6.42 Å². The Morgan fingerprint density at radius 3 is 2.59 bits per heavy atom. The summed E-state index contributed by atoms with van der Waals surface area (Å²) in [6, 6.07) is 8.20. The number of amides is 1. The van der Waals surface area contributed by atoms with Crippen molar-refractivity contribution in [3.8, 4) is 0 Å².